The van der Waals surface area contributed by atoms with Crippen molar-refractivity contribution in [1.29, 1.82) is 0 Å². The van der Waals surface area contributed by atoms with Gasteiger partial charge in [-0.3, -0.25) is 0 Å². The number of rotatable bonds is 2. The van der Waals surface area contributed by atoms with Crippen molar-refractivity contribution in [3.8, 4) is 22.8 Å². The molecule has 0 aliphatic rings. The molecule has 3 aromatic rings. The van der Waals surface area contributed by atoms with E-state index in [1.165, 1.54) is 5.56 Å². The Balaban J connectivity index is 2.00. The summed E-state index contributed by atoms with van der Waals surface area (Å²) in [5, 5.41) is 4.59. The maximum Gasteiger partial charge on any atom is 0.259 e. The average Bonchev–Trinajstić information content (AvgIpc) is 2.89. The highest BCUT2D eigenvalue weighted by atomic mass is 35.5. The van der Waals surface area contributed by atoms with E-state index in [2.05, 4.69) is 10.1 Å². The van der Waals surface area contributed by atoms with Crippen LogP contribution in [-0.2, 0) is 0 Å². The zero-order chi connectivity index (χ0) is 13.2. The van der Waals surface area contributed by atoms with Gasteiger partial charge in [0.2, 0.25) is 5.82 Å². The molecule has 0 N–H and O–H groups in total. The Labute approximate surface area is 115 Å². The summed E-state index contributed by atoms with van der Waals surface area (Å²) in [6.07, 6.45) is 0. The van der Waals surface area contributed by atoms with Crippen molar-refractivity contribution in [2.45, 2.75) is 6.92 Å². The van der Waals surface area contributed by atoms with Gasteiger partial charge in [-0.05, 0) is 19.1 Å². The van der Waals surface area contributed by atoms with Crippen molar-refractivity contribution >= 4 is 11.6 Å². The third-order valence-electron chi connectivity index (χ3n) is 2.84. The van der Waals surface area contributed by atoms with Crippen LogP contribution in [0.5, 0.6) is 0 Å². The van der Waals surface area contributed by atoms with E-state index >= 15 is 0 Å². The van der Waals surface area contributed by atoms with Gasteiger partial charge in [-0.1, -0.05) is 58.7 Å². The summed E-state index contributed by atoms with van der Waals surface area (Å²) in [7, 11) is 0. The van der Waals surface area contributed by atoms with Crippen LogP contribution in [0.15, 0.2) is 53.1 Å². The van der Waals surface area contributed by atoms with E-state index in [0.717, 1.165) is 11.1 Å². The second-order valence-electron chi connectivity index (χ2n) is 4.27. The van der Waals surface area contributed by atoms with Gasteiger partial charge in [0.25, 0.3) is 5.89 Å². The lowest BCUT2D eigenvalue weighted by Gasteiger charge is -1.96. The second kappa shape index (κ2) is 4.86. The highest BCUT2D eigenvalue weighted by Crippen LogP contribution is 2.27. The van der Waals surface area contributed by atoms with Crippen molar-refractivity contribution in [3.63, 3.8) is 0 Å². The monoisotopic (exact) mass is 270 g/mol. The van der Waals surface area contributed by atoms with E-state index in [1.807, 2.05) is 49.4 Å². The molecule has 0 aliphatic carbocycles. The first-order valence-corrected chi connectivity index (χ1v) is 6.27. The van der Waals surface area contributed by atoms with E-state index in [0.29, 0.717) is 16.7 Å². The Kier molecular flexibility index (Phi) is 3.05. The summed E-state index contributed by atoms with van der Waals surface area (Å²) in [5.74, 6) is 0.996. The number of hydrogen-bond donors (Lipinski definition) is 0. The Hall–Kier alpha value is -2.13. The second-order valence-corrected chi connectivity index (χ2v) is 4.68. The summed E-state index contributed by atoms with van der Waals surface area (Å²) in [6, 6.07) is 15.4. The van der Waals surface area contributed by atoms with Crippen LogP contribution in [0.2, 0.25) is 5.02 Å². The van der Waals surface area contributed by atoms with Gasteiger partial charge in [0, 0.05) is 5.56 Å². The van der Waals surface area contributed by atoms with Gasteiger partial charge in [0.15, 0.2) is 0 Å². The third kappa shape index (κ3) is 2.37. The minimum atomic E-state index is 0.432. The fraction of sp³-hybridized carbons (Fsp3) is 0.0667. The quantitative estimate of drug-likeness (QED) is 0.694. The standard InChI is InChI=1S/C15H11ClN2O/c1-10-6-8-11(9-7-10)14-17-15(19-18-14)12-4-2-3-5-13(12)16/h2-9H,1H3. The molecule has 0 amide bonds. The molecule has 0 unspecified atom stereocenters. The zero-order valence-electron chi connectivity index (χ0n) is 10.3. The fourth-order valence-electron chi connectivity index (χ4n) is 1.79. The minimum Gasteiger partial charge on any atom is -0.334 e. The van der Waals surface area contributed by atoms with Gasteiger partial charge in [-0.25, -0.2) is 0 Å². The summed E-state index contributed by atoms with van der Waals surface area (Å²) in [6.45, 7) is 2.04. The molecule has 2 aromatic carbocycles. The number of nitrogens with zero attached hydrogens (tertiary/aromatic N) is 2. The van der Waals surface area contributed by atoms with Crippen molar-refractivity contribution in [2.75, 3.05) is 0 Å². The predicted molar refractivity (Wildman–Crippen MR) is 74.9 cm³/mol. The summed E-state index contributed by atoms with van der Waals surface area (Å²) in [4.78, 5) is 4.38. The van der Waals surface area contributed by atoms with Crippen LogP contribution in [0, 0.1) is 6.92 Å². The first kappa shape index (κ1) is 11.9. The molecule has 0 radical (unpaired) electrons. The Morgan fingerprint density at radius 3 is 2.47 bits per heavy atom. The lowest BCUT2D eigenvalue weighted by molar-refractivity contribution is 0.432. The van der Waals surface area contributed by atoms with E-state index in [-0.39, 0.29) is 0 Å². The SMILES string of the molecule is Cc1ccc(-c2noc(-c3ccccc3Cl)n2)cc1. The van der Waals surface area contributed by atoms with Crippen LogP contribution in [0.3, 0.4) is 0 Å². The molecule has 94 valence electrons. The number of halogens is 1. The molecule has 0 spiro atoms. The summed E-state index contributed by atoms with van der Waals surface area (Å²) >= 11 is 6.11. The van der Waals surface area contributed by atoms with Crippen LogP contribution in [0.4, 0.5) is 0 Å². The Morgan fingerprint density at radius 2 is 1.74 bits per heavy atom. The van der Waals surface area contributed by atoms with Gasteiger partial charge in [-0.2, -0.15) is 4.98 Å². The molecule has 0 bridgehead atoms. The van der Waals surface area contributed by atoms with Gasteiger partial charge in [0.1, 0.15) is 0 Å². The van der Waals surface area contributed by atoms with Crippen molar-refractivity contribution in [3.05, 3.63) is 59.1 Å². The maximum absolute atomic E-state index is 6.11. The van der Waals surface area contributed by atoms with Crippen LogP contribution < -0.4 is 0 Å². The van der Waals surface area contributed by atoms with E-state index in [1.54, 1.807) is 6.07 Å². The number of benzene rings is 2. The normalized spacial score (nSPS) is 10.6. The minimum absolute atomic E-state index is 0.432. The lowest BCUT2D eigenvalue weighted by atomic mass is 10.1. The highest BCUT2D eigenvalue weighted by Gasteiger charge is 2.12. The van der Waals surface area contributed by atoms with Crippen LogP contribution >= 0.6 is 11.6 Å². The van der Waals surface area contributed by atoms with Crippen molar-refractivity contribution in [1.82, 2.24) is 10.1 Å². The summed E-state index contributed by atoms with van der Waals surface area (Å²) < 4.78 is 5.27. The molecule has 3 nitrogen and oxygen atoms in total. The molecule has 4 heteroatoms. The molecule has 0 saturated heterocycles. The van der Waals surface area contributed by atoms with E-state index in [4.69, 9.17) is 16.1 Å². The lowest BCUT2D eigenvalue weighted by Crippen LogP contribution is -1.82. The van der Waals surface area contributed by atoms with E-state index in [9.17, 15) is 0 Å². The largest absolute Gasteiger partial charge is 0.334 e. The molecule has 0 saturated carbocycles. The molecular weight excluding hydrogens is 260 g/mol. The van der Waals surface area contributed by atoms with Crippen molar-refractivity contribution in [2.24, 2.45) is 0 Å². The van der Waals surface area contributed by atoms with Crippen LogP contribution in [0.25, 0.3) is 22.8 Å². The van der Waals surface area contributed by atoms with E-state index < -0.39 is 0 Å². The molecule has 0 aliphatic heterocycles. The van der Waals surface area contributed by atoms with Gasteiger partial charge < -0.3 is 4.52 Å². The molecule has 1 aromatic heterocycles. The highest BCUT2D eigenvalue weighted by molar-refractivity contribution is 6.33. The van der Waals surface area contributed by atoms with Gasteiger partial charge >= 0.3 is 0 Å². The van der Waals surface area contributed by atoms with Gasteiger partial charge in [0.05, 0.1) is 10.6 Å². The third-order valence-corrected chi connectivity index (χ3v) is 3.17. The topological polar surface area (TPSA) is 38.9 Å². The molecule has 0 atom stereocenters. The summed E-state index contributed by atoms with van der Waals surface area (Å²) in [5.41, 5.74) is 2.86. The number of hydrogen-bond acceptors (Lipinski definition) is 3. The van der Waals surface area contributed by atoms with Crippen molar-refractivity contribution < 1.29 is 4.52 Å². The predicted octanol–water partition coefficient (Wildman–Crippen LogP) is 4.37. The van der Waals surface area contributed by atoms with Gasteiger partial charge in [-0.15, -0.1) is 0 Å². The smallest absolute Gasteiger partial charge is 0.259 e. The molecule has 0 fully saturated rings. The Bertz CT molecular complexity index is 704. The molecule has 19 heavy (non-hydrogen) atoms. The zero-order valence-corrected chi connectivity index (χ0v) is 11.1. The maximum atomic E-state index is 6.11. The molecular formula is C15H11ClN2O. The molecule has 3 rings (SSSR count). The fourth-order valence-corrected chi connectivity index (χ4v) is 2.00. The number of aryl methyl sites for hydroxylation is 1. The Morgan fingerprint density at radius 1 is 1.00 bits per heavy atom. The number of aromatic nitrogens is 2. The van der Waals surface area contributed by atoms with Crippen LogP contribution in [0.1, 0.15) is 5.56 Å². The van der Waals surface area contributed by atoms with Crippen LogP contribution in [-0.4, -0.2) is 10.1 Å². The average molecular weight is 271 g/mol. The first-order chi connectivity index (χ1) is 9.24. The first-order valence-electron chi connectivity index (χ1n) is 5.90. The molecule has 1 heterocycles.